The highest BCUT2D eigenvalue weighted by Crippen LogP contribution is 2.47. The molecule has 4 aromatic rings. The van der Waals surface area contributed by atoms with Crippen molar-refractivity contribution in [3.05, 3.63) is 106 Å². The number of H-pyrrole nitrogens is 2. The first-order valence-corrected chi connectivity index (χ1v) is 23.9. The lowest BCUT2D eigenvalue weighted by Crippen LogP contribution is -2.51. The number of pyridine rings is 2. The van der Waals surface area contributed by atoms with E-state index in [1.165, 1.54) is 13.1 Å². The molecule has 378 valence electrons. The first kappa shape index (κ1) is 42.6. The van der Waals surface area contributed by atoms with Gasteiger partial charge in [-0.05, 0) is 158 Å². The number of imidazole rings is 2. The van der Waals surface area contributed by atoms with Crippen molar-refractivity contribution >= 4 is 34.7 Å². The second-order valence-corrected chi connectivity index (χ2v) is 22.4. The van der Waals surface area contributed by atoms with Crippen molar-refractivity contribution in [2.45, 2.75) is 187 Å². The van der Waals surface area contributed by atoms with Gasteiger partial charge in [0.1, 0.15) is 11.8 Å². The normalized spacial score (nSPS) is 30.7. The van der Waals surface area contributed by atoms with Gasteiger partial charge in [-0.1, -0.05) is 51.9 Å². The first-order valence-electron chi connectivity index (χ1n) is 28.1. The molecule has 15 heteroatoms. The number of rotatable bonds is 12. The number of nitrogens with zero attached hydrogens (tertiary/aromatic N) is 5. The predicted octanol–water partition coefficient (Wildman–Crippen LogP) is 10.9. The lowest BCUT2D eigenvalue weighted by atomic mass is 9.76. The predicted molar refractivity (Wildman–Crippen MR) is 269 cm³/mol. The van der Waals surface area contributed by atoms with E-state index in [9.17, 15) is 29.4 Å². The fourth-order valence-corrected chi connectivity index (χ4v) is 9.78. The van der Waals surface area contributed by atoms with Crippen LogP contribution in [0.3, 0.4) is 0 Å². The zero-order valence-electron chi connectivity index (χ0n) is 50.5. The Morgan fingerprint density at radius 3 is 1.68 bits per heavy atom. The molecule has 4 aromatic heterocycles. The number of aryl methyl sites for hydroxylation is 1. The van der Waals surface area contributed by atoms with Crippen LogP contribution in [0.5, 0.6) is 0 Å². The number of ketones is 2. The highest BCUT2D eigenvalue weighted by molar-refractivity contribution is 5.95. The summed E-state index contributed by atoms with van der Waals surface area (Å²) in [6.45, 7) is 19.2. The molecule has 6 unspecified atom stereocenters. The molecule has 4 N–H and O–H groups in total. The number of hydrogen-bond acceptors (Lipinski definition) is 11. The van der Waals surface area contributed by atoms with Gasteiger partial charge in [-0.3, -0.25) is 19.6 Å². The van der Waals surface area contributed by atoms with Crippen LogP contribution in [0.4, 0.5) is 0 Å². The summed E-state index contributed by atoms with van der Waals surface area (Å²) in [5.74, 6) is -3.46. The second kappa shape index (κ2) is 19.8. The maximum atomic E-state index is 13.1. The average molecular weight is 978 g/mol. The number of aromatic amines is 2. The van der Waals surface area contributed by atoms with Crippen LogP contribution in [0.25, 0.3) is 11.1 Å². The number of allylic oxidation sites excluding steroid dienone is 4. The molecule has 0 aromatic carbocycles. The minimum absolute atomic E-state index is 0.00872. The zero-order chi connectivity index (χ0) is 59.0. The molecule has 8 rings (SSSR count). The molecule has 0 amide bonds. The van der Waals surface area contributed by atoms with Crippen molar-refractivity contribution < 1.29 is 49.8 Å². The molecule has 6 atom stereocenters. The minimum Gasteiger partial charge on any atom is -0.479 e. The molecule has 71 heavy (non-hydrogen) atoms. The van der Waals surface area contributed by atoms with E-state index in [1.54, 1.807) is 72.0 Å². The number of aromatic nitrogens is 6. The van der Waals surface area contributed by atoms with Gasteiger partial charge < -0.3 is 29.7 Å². The average Bonchev–Trinajstić information content (AvgIpc) is 4.13. The second-order valence-electron chi connectivity index (χ2n) is 22.4. The van der Waals surface area contributed by atoms with E-state index >= 15 is 0 Å². The van der Waals surface area contributed by atoms with Gasteiger partial charge in [0.2, 0.25) is 11.6 Å². The Hall–Kier alpha value is -6.11. The molecule has 2 saturated heterocycles. The van der Waals surface area contributed by atoms with E-state index in [-0.39, 0.29) is 108 Å². The first-order chi connectivity index (χ1) is 36.2. The van der Waals surface area contributed by atoms with Crippen LogP contribution >= 0.6 is 0 Å². The maximum absolute atomic E-state index is 13.1. The van der Waals surface area contributed by atoms with Crippen LogP contribution in [-0.4, -0.2) is 86.0 Å². The van der Waals surface area contributed by atoms with Crippen molar-refractivity contribution in [3.8, 4) is 6.07 Å². The molecule has 2 aliphatic carbocycles. The Morgan fingerprint density at radius 1 is 0.718 bits per heavy atom. The van der Waals surface area contributed by atoms with Gasteiger partial charge in [0.05, 0.1) is 31.5 Å². The Labute approximate surface area is 428 Å². The maximum Gasteiger partial charge on any atom is 0.335 e. The van der Waals surface area contributed by atoms with Gasteiger partial charge in [0.15, 0.2) is 22.9 Å². The van der Waals surface area contributed by atoms with Gasteiger partial charge in [0, 0.05) is 56.2 Å². The monoisotopic (exact) mass is 978 g/mol. The molecule has 2 fully saturated rings. The minimum atomic E-state index is -2.20. The van der Waals surface area contributed by atoms with Gasteiger partial charge in [0.25, 0.3) is 0 Å². The molecule has 0 saturated carbocycles. The Morgan fingerprint density at radius 2 is 1.21 bits per heavy atom. The fourth-order valence-electron chi connectivity index (χ4n) is 9.78. The topological polar surface area (TPSA) is 234 Å². The molecule has 6 heterocycles. The Bertz CT molecular complexity index is 3210. The zero-order valence-corrected chi connectivity index (χ0v) is 42.5. The number of Topliss-reactive ketones (excluding diaryl/α,β-unsaturated/α-hetero) is 2. The molecule has 0 radical (unpaired) electrons. The summed E-state index contributed by atoms with van der Waals surface area (Å²) >= 11 is 0. The lowest BCUT2D eigenvalue weighted by Gasteiger charge is -2.44. The summed E-state index contributed by atoms with van der Waals surface area (Å²) < 4.78 is 82.5. The number of hydrogen-bond donors (Lipinski definition) is 4. The number of aliphatic carboxylic acids is 2. The van der Waals surface area contributed by atoms with Crippen LogP contribution in [0.15, 0.2) is 48.8 Å². The summed E-state index contributed by atoms with van der Waals surface area (Å²) in [4.78, 5) is 73.8. The van der Waals surface area contributed by atoms with Crippen LogP contribution in [0.2, 0.25) is 0 Å². The fraction of sp³-hybridized carbons (Fsp3) is 0.554. The standard InChI is InChI=1S/C28H34N4O4.C28H37N3O4/c1-26(2)10-8-17(9-11-26)23-18(12-22(33)24-30-16-20(15-29)31-24)6-7-21(32-23)19-13-27(3,4)36-28(5,14-19)25(34)35;1-17-16-29-24(30-17)22(32)13-19-7-8-21(31-23(19)18-9-11-26(2,3)12-10-18)20-14-27(4,5)35-28(6,15-20)25(33)34/h6-8,16,19H,9-14H2,1-5H3,(H,30,31)(H,34,35);7-9,16,20H,10-15H2,1-6H3,(H,29,30)(H,33,34)/i8D,9D2,10D;9D,10D2,12D. The quantitative estimate of drug-likeness (QED) is 0.0968. The van der Waals surface area contributed by atoms with Crippen LogP contribution in [-0.2, 0) is 31.9 Å². The molecule has 0 spiro atoms. The van der Waals surface area contributed by atoms with E-state index in [1.807, 2.05) is 33.8 Å². The third-order valence-corrected chi connectivity index (χ3v) is 13.3. The van der Waals surface area contributed by atoms with Gasteiger partial charge >= 0.3 is 11.9 Å². The van der Waals surface area contributed by atoms with Crippen LogP contribution in [0, 0.1) is 29.1 Å². The van der Waals surface area contributed by atoms with E-state index in [2.05, 4.69) is 19.9 Å². The van der Waals surface area contributed by atoms with Crippen molar-refractivity contribution in [1.29, 1.82) is 5.26 Å². The number of ether oxygens (including phenoxy) is 2. The van der Waals surface area contributed by atoms with E-state index in [0.29, 0.717) is 35.4 Å². The van der Waals surface area contributed by atoms with Crippen molar-refractivity contribution in [3.63, 3.8) is 0 Å². The largest absolute Gasteiger partial charge is 0.479 e. The smallest absolute Gasteiger partial charge is 0.335 e. The number of carbonyl (C=O) groups excluding carboxylic acids is 2. The Kier molecular flexibility index (Phi) is 11.9. The van der Waals surface area contributed by atoms with Gasteiger partial charge in [-0.25, -0.2) is 19.6 Å². The summed E-state index contributed by atoms with van der Waals surface area (Å²) in [6, 6.07) is 8.54. The summed E-state index contributed by atoms with van der Waals surface area (Å²) in [5.41, 5.74) is -3.05. The number of carbonyl (C=O) groups is 4. The van der Waals surface area contributed by atoms with Crippen molar-refractivity contribution in [2.75, 3.05) is 0 Å². The van der Waals surface area contributed by atoms with Crippen LogP contribution in [0.1, 0.15) is 223 Å². The van der Waals surface area contributed by atoms with Gasteiger partial charge in [-0.2, -0.15) is 5.26 Å². The molecule has 2 aliphatic heterocycles. The van der Waals surface area contributed by atoms with E-state index in [0.717, 1.165) is 5.69 Å². The van der Waals surface area contributed by atoms with Gasteiger partial charge in [-0.15, -0.1) is 0 Å². The highest BCUT2D eigenvalue weighted by atomic mass is 16.6. The van der Waals surface area contributed by atoms with Crippen LogP contribution < -0.4 is 0 Å². The molecule has 0 bridgehead atoms. The Balaban J connectivity index is 0.000000229. The molecular formula is C56H71N7O8. The number of nitriles is 1. The van der Waals surface area contributed by atoms with E-state index in [4.69, 9.17) is 35.7 Å². The third-order valence-electron chi connectivity index (χ3n) is 13.3. The van der Waals surface area contributed by atoms with Crippen molar-refractivity contribution in [2.24, 2.45) is 10.8 Å². The number of carboxylic acid groups (broad SMARTS) is 2. The SMILES string of the molecule is [2H]C1=C(c2nc(C3CC(C)(C)OC(C)(C(=O)O)C3)ccc2CC(=O)c2ncc(C#N)[nH]2)C([2H])([2H])CC(C)(C)C1[2H].[2H]C1=C(c2nc(C3CC(C)(C)OC(C)(C(=O)O)C3)ccc2CC(=O)c2ncc(C)[nH]2)C([2H])([2H])C([2H])C(C)(C)C1. The lowest BCUT2D eigenvalue weighted by molar-refractivity contribution is -0.200. The molecule has 15 nitrogen and oxygen atoms in total. The summed E-state index contributed by atoms with van der Waals surface area (Å²) in [7, 11) is 0. The van der Waals surface area contributed by atoms with E-state index < -0.39 is 76.5 Å². The number of nitrogens with one attached hydrogen (secondary N) is 2. The molecule has 4 aliphatic rings. The molecular weight excluding hydrogens is 899 g/mol. The summed E-state index contributed by atoms with van der Waals surface area (Å²) in [6.07, 6.45) is -2.52. The summed E-state index contributed by atoms with van der Waals surface area (Å²) in [5, 5.41) is 28.9. The highest BCUT2D eigenvalue weighted by Gasteiger charge is 2.49. The van der Waals surface area contributed by atoms with Crippen molar-refractivity contribution in [1.82, 2.24) is 29.9 Å². The number of carboxylic acids is 2. The third kappa shape index (κ3) is 12.5.